The van der Waals surface area contributed by atoms with E-state index in [1.165, 1.54) is 0 Å². The number of nitrogens with zero attached hydrogens (tertiary/aromatic N) is 1. The van der Waals surface area contributed by atoms with Gasteiger partial charge in [0.15, 0.2) is 4.67 Å². The molecule has 0 amide bonds. The fraction of sp³-hybridized carbons (Fsp3) is 0.556. The first-order valence-electron chi connectivity index (χ1n) is 4.38. The van der Waals surface area contributed by atoms with Gasteiger partial charge in [0.1, 0.15) is 5.76 Å². The summed E-state index contributed by atoms with van der Waals surface area (Å²) in [5, 5.41) is 9.30. The van der Waals surface area contributed by atoms with Crippen molar-refractivity contribution in [3.63, 3.8) is 0 Å². The van der Waals surface area contributed by atoms with Crippen LogP contribution in [0.1, 0.15) is 12.2 Å². The maximum Gasteiger partial charge on any atom is 0.169 e. The van der Waals surface area contributed by atoms with Crippen LogP contribution in [0.2, 0.25) is 0 Å². The van der Waals surface area contributed by atoms with E-state index in [-0.39, 0.29) is 6.10 Å². The average Bonchev–Trinajstić information content (AvgIpc) is 2.62. The number of likely N-dealkylation sites (tertiary alicyclic amines) is 1. The van der Waals surface area contributed by atoms with Gasteiger partial charge in [0.25, 0.3) is 0 Å². The van der Waals surface area contributed by atoms with Crippen LogP contribution in [-0.4, -0.2) is 29.2 Å². The molecule has 1 fully saturated rings. The molecular formula is C9H12BrNO2. The highest BCUT2D eigenvalue weighted by molar-refractivity contribution is 9.10. The zero-order valence-electron chi connectivity index (χ0n) is 7.24. The number of halogens is 1. The van der Waals surface area contributed by atoms with Crippen LogP contribution in [-0.2, 0) is 6.54 Å². The molecule has 1 aromatic heterocycles. The third-order valence-electron chi connectivity index (χ3n) is 2.26. The van der Waals surface area contributed by atoms with Gasteiger partial charge in [-0.25, -0.2) is 0 Å². The predicted molar refractivity (Wildman–Crippen MR) is 52.3 cm³/mol. The van der Waals surface area contributed by atoms with Crippen molar-refractivity contribution >= 4 is 15.9 Å². The van der Waals surface area contributed by atoms with Crippen molar-refractivity contribution in [2.75, 3.05) is 13.1 Å². The first-order valence-corrected chi connectivity index (χ1v) is 5.18. The van der Waals surface area contributed by atoms with Crippen molar-refractivity contribution in [1.82, 2.24) is 4.90 Å². The molecule has 2 rings (SSSR count). The zero-order chi connectivity index (χ0) is 9.26. The summed E-state index contributed by atoms with van der Waals surface area (Å²) < 4.78 is 6.14. The molecule has 3 nitrogen and oxygen atoms in total. The van der Waals surface area contributed by atoms with Crippen LogP contribution in [0.25, 0.3) is 0 Å². The van der Waals surface area contributed by atoms with Gasteiger partial charge in [-0.05, 0) is 34.5 Å². The maximum atomic E-state index is 9.30. The van der Waals surface area contributed by atoms with E-state index in [2.05, 4.69) is 20.8 Å². The lowest BCUT2D eigenvalue weighted by molar-refractivity contribution is 0.172. The van der Waals surface area contributed by atoms with Gasteiger partial charge in [-0.2, -0.15) is 0 Å². The Morgan fingerprint density at radius 2 is 2.46 bits per heavy atom. The molecule has 4 heteroatoms. The molecule has 1 aliphatic heterocycles. The van der Waals surface area contributed by atoms with Gasteiger partial charge >= 0.3 is 0 Å². The first-order chi connectivity index (χ1) is 6.24. The number of hydrogen-bond acceptors (Lipinski definition) is 3. The number of aliphatic hydroxyl groups excluding tert-OH is 1. The van der Waals surface area contributed by atoms with E-state index in [1.54, 1.807) is 0 Å². The molecule has 1 saturated heterocycles. The van der Waals surface area contributed by atoms with E-state index in [4.69, 9.17) is 4.42 Å². The highest BCUT2D eigenvalue weighted by Crippen LogP contribution is 2.18. The monoisotopic (exact) mass is 245 g/mol. The van der Waals surface area contributed by atoms with Crippen molar-refractivity contribution in [3.05, 3.63) is 22.6 Å². The average molecular weight is 246 g/mol. The number of aliphatic hydroxyl groups is 1. The second kappa shape index (κ2) is 3.82. The summed E-state index contributed by atoms with van der Waals surface area (Å²) >= 11 is 3.26. The lowest BCUT2D eigenvalue weighted by Crippen LogP contribution is -2.21. The smallest absolute Gasteiger partial charge is 0.169 e. The lowest BCUT2D eigenvalue weighted by atomic mass is 10.3. The summed E-state index contributed by atoms with van der Waals surface area (Å²) in [7, 11) is 0. The number of hydrogen-bond donors (Lipinski definition) is 1. The van der Waals surface area contributed by atoms with E-state index in [0.29, 0.717) is 0 Å². The van der Waals surface area contributed by atoms with Crippen LogP contribution in [0.4, 0.5) is 0 Å². The van der Waals surface area contributed by atoms with Crippen LogP contribution in [0.15, 0.2) is 21.2 Å². The summed E-state index contributed by atoms with van der Waals surface area (Å²) in [6, 6.07) is 3.84. The molecule has 1 N–H and O–H groups in total. The third kappa shape index (κ3) is 2.33. The van der Waals surface area contributed by atoms with Crippen molar-refractivity contribution in [3.8, 4) is 0 Å². The van der Waals surface area contributed by atoms with E-state index >= 15 is 0 Å². The summed E-state index contributed by atoms with van der Waals surface area (Å²) in [4.78, 5) is 2.19. The third-order valence-corrected chi connectivity index (χ3v) is 2.68. The van der Waals surface area contributed by atoms with Crippen LogP contribution >= 0.6 is 15.9 Å². The Morgan fingerprint density at radius 1 is 1.62 bits per heavy atom. The van der Waals surface area contributed by atoms with Crippen molar-refractivity contribution in [2.45, 2.75) is 19.1 Å². The molecule has 1 atom stereocenters. The summed E-state index contributed by atoms with van der Waals surface area (Å²) in [6.07, 6.45) is 0.723. The molecule has 0 bridgehead atoms. The summed E-state index contributed by atoms with van der Waals surface area (Å²) in [6.45, 7) is 2.51. The molecule has 13 heavy (non-hydrogen) atoms. The number of rotatable bonds is 2. The largest absolute Gasteiger partial charge is 0.453 e. The maximum absolute atomic E-state index is 9.30. The van der Waals surface area contributed by atoms with Gasteiger partial charge in [0, 0.05) is 13.1 Å². The van der Waals surface area contributed by atoms with Gasteiger partial charge in [0.2, 0.25) is 0 Å². The highest BCUT2D eigenvalue weighted by atomic mass is 79.9. The minimum Gasteiger partial charge on any atom is -0.453 e. The van der Waals surface area contributed by atoms with Gasteiger partial charge in [-0.3, -0.25) is 4.90 Å². The summed E-state index contributed by atoms with van der Waals surface area (Å²) in [5.74, 6) is 0.945. The van der Waals surface area contributed by atoms with Crippen LogP contribution in [0.3, 0.4) is 0 Å². The molecule has 0 aliphatic carbocycles. The first kappa shape index (κ1) is 9.24. The Balaban J connectivity index is 1.91. The van der Waals surface area contributed by atoms with Gasteiger partial charge < -0.3 is 9.52 Å². The fourth-order valence-corrected chi connectivity index (χ4v) is 1.95. The molecule has 72 valence electrons. The Bertz CT molecular complexity index is 287. The molecule has 2 heterocycles. The van der Waals surface area contributed by atoms with Crippen molar-refractivity contribution in [2.24, 2.45) is 0 Å². The Labute approximate surface area is 85.5 Å². The molecule has 0 unspecified atom stereocenters. The molecule has 0 spiro atoms. The topological polar surface area (TPSA) is 36.6 Å². The minimum atomic E-state index is -0.154. The quantitative estimate of drug-likeness (QED) is 0.861. The second-order valence-corrected chi connectivity index (χ2v) is 4.17. The predicted octanol–water partition coefficient (Wildman–Crippen LogP) is 1.61. The molecule has 1 aliphatic rings. The lowest BCUT2D eigenvalue weighted by Gasteiger charge is -2.11. The number of furan rings is 1. The Hall–Kier alpha value is -0.320. The summed E-state index contributed by atoms with van der Waals surface area (Å²) in [5.41, 5.74) is 0. The highest BCUT2D eigenvalue weighted by Gasteiger charge is 2.20. The van der Waals surface area contributed by atoms with E-state index in [9.17, 15) is 5.11 Å². The van der Waals surface area contributed by atoms with Crippen LogP contribution < -0.4 is 0 Å². The molecule has 1 aromatic rings. The van der Waals surface area contributed by atoms with Gasteiger partial charge in [-0.1, -0.05) is 0 Å². The van der Waals surface area contributed by atoms with Gasteiger partial charge in [0.05, 0.1) is 12.6 Å². The van der Waals surface area contributed by atoms with Crippen molar-refractivity contribution < 1.29 is 9.52 Å². The van der Waals surface area contributed by atoms with E-state index in [0.717, 1.165) is 36.5 Å². The molecule has 0 aromatic carbocycles. The standard InChI is InChI=1S/C9H12BrNO2/c10-9-2-1-8(13-9)6-11-4-3-7(12)5-11/h1-2,7,12H,3-6H2/t7-/m1/s1. The second-order valence-electron chi connectivity index (χ2n) is 3.38. The molecule has 0 radical (unpaired) electrons. The van der Waals surface area contributed by atoms with Crippen LogP contribution in [0.5, 0.6) is 0 Å². The van der Waals surface area contributed by atoms with E-state index < -0.39 is 0 Å². The normalized spacial score (nSPS) is 24.0. The zero-order valence-corrected chi connectivity index (χ0v) is 8.83. The van der Waals surface area contributed by atoms with E-state index in [1.807, 2.05) is 12.1 Å². The fourth-order valence-electron chi connectivity index (χ4n) is 1.61. The Morgan fingerprint density at radius 3 is 3.00 bits per heavy atom. The molecule has 0 saturated carbocycles. The molecular weight excluding hydrogens is 234 g/mol. The minimum absolute atomic E-state index is 0.154. The van der Waals surface area contributed by atoms with Crippen LogP contribution in [0, 0.1) is 0 Å². The SMILES string of the molecule is O[C@@H]1CCN(Cc2ccc(Br)o2)C1. The van der Waals surface area contributed by atoms with Gasteiger partial charge in [-0.15, -0.1) is 0 Å². The Kier molecular flexibility index (Phi) is 2.71. The number of β-amino-alcohol motifs (C(OH)–C–C–N with tert-alkyl or cyclic N) is 1. The van der Waals surface area contributed by atoms with Crippen molar-refractivity contribution in [1.29, 1.82) is 0 Å².